The zero-order valence-corrected chi connectivity index (χ0v) is 19.5. The number of Topliss-reactive ketones (excluding diaryl/α,β-unsaturated/α-hetero) is 1. The highest BCUT2D eigenvalue weighted by atomic mass is 79.9. The zero-order valence-electron chi connectivity index (χ0n) is 17.9. The number of nitro groups is 1. The fourth-order valence-corrected chi connectivity index (χ4v) is 4.84. The van der Waals surface area contributed by atoms with Crippen molar-refractivity contribution in [2.45, 2.75) is 31.8 Å². The Morgan fingerprint density at radius 3 is 2.79 bits per heavy atom. The average molecular weight is 509 g/mol. The van der Waals surface area contributed by atoms with E-state index in [1.165, 1.54) is 12.1 Å². The lowest BCUT2D eigenvalue weighted by Gasteiger charge is -2.37. The second kappa shape index (κ2) is 9.08. The number of nitro benzene ring substituents is 1. The first-order chi connectivity index (χ1) is 15.8. The van der Waals surface area contributed by atoms with Crippen LogP contribution in [0.4, 0.5) is 5.69 Å². The summed E-state index contributed by atoms with van der Waals surface area (Å²) in [5.74, 6) is 0.405. The van der Waals surface area contributed by atoms with E-state index in [2.05, 4.69) is 22.0 Å². The molecule has 4 rings (SSSR count). The molecule has 1 aliphatic carbocycles. The van der Waals surface area contributed by atoms with Gasteiger partial charge >= 0.3 is 0 Å². The van der Waals surface area contributed by atoms with E-state index < -0.39 is 10.8 Å². The minimum atomic E-state index is -0.531. The largest absolute Gasteiger partial charge is 0.488 e. The van der Waals surface area contributed by atoms with E-state index in [-0.39, 0.29) is 18.1 Å². The van der Waals surface area contributed by atoms with Gasteiger partial charge in [0.2, 0.25) is 0 Å². The number of ketones is 1. The molecule has 9 heteroatoms. The number of nitrogens with two attached hydrogens (primary N) is 1. The molecule has 1 aliphatic heterocycles. The molecule has 168 valence electrons. The summed E-state index contributed by atoms with van der Waals surface area (Å²) in [6.07, 6.45) is 1.95. The molecule has 0 bridgehead atoms. The Hall–Kier alpha value is -3.64. The molecule has 0 aromatic heterocycles. The Kier molecular flexibility index (Phi) is 6.20. The molecule has 2 aliphatic rings. The molecule has 2 aromatic carbocycles. The highest BCUT2D eigenvalue weighted by molar-refractivity contribution is 9.10. The van der Waals surface area contributed by atoms with Gasteiger partial charge in [0.25, 0.3) is 5.69 Å². The highest BCUT2D eigenvalue weighted by Gasteiger charge is 2.38. The second-order valence-electron chi connectivity index (χ2n) is 7.95. The molecule has 0 amide bonds. The zero-order chi connectivity index (χ0) is 23.7. The summed E-state index contributed by atoms with van der Waals surface area (Å²) in [6.45, 7) is 0.151. The van der Waals surface area contributed by atoms with Crippen LogP contribution in [0.2, 0.25) is 0 Å². The summed E-state index contributed by atoms with van der Waals surface area (Å²) in [7, 11) is 1.79. The molecule has 0 saturated heterocycles. The van der Waals surface area contributed by atoms with Gasteiger partial charge in [0.05, 0.1) is 27.0 Å². The Morgan fingerprint density at radius 2 is 2.09 bits per heavy atom. The first-order valence-corrected chi connectivity index (χ1v) is 11.2. The van der Waals surface area contributed by atoms with Gasteiger partial charge in [0, 0.05) is 36.9 Å². The van der Waals surface area contributed by atoms with Crippen LogP contribution in [0.15, 0.2) is 69.6 Å². The Labute approximate surface area is 199 Å². The minimum absolute atomic E-state index is 0.00224. The molecule has 1 heterocycles. The van der Waals surface area contributed by atoms with Gasteiger partial charge in [-0.1, -0.05) is 18.2 Å². The maximum Gasteiger partial charge on any atom is 0.269 e. The van der Waals surface area contributed by atoms with E-state index in [0.29, 0.717) is 39.2 Å². The second-order valence-corrected chi connectivity index (χ2v) is 8.80. The number of allylic oxidation sites excluding steroid dienone is 3. The van der Waals surface area contributed by atoms with E-state index in [0.717, 1.165) is 24.1 Å². The van der Waals surface area contributed by atoms with Crippen LogP contribution >= 0.6 is 15.9 Å². The van der Waals surface area contributed by atoms with Crippen molar-refractivity contribution in [3.05, 3.63) is 90.8 Å². The third kappa shape index (κ3) is 4.22. The molecule has 0 unspecified atom stereocenters. The molecule has 2 N–H and O–H groups in total. The summed E-state index contributed by atoms with van der Waals surface area (Å²) in [5, 5.41) is 20.8. The van der Waals surface area contributed by atoms with Crippen LogP contribution in [-0.4, -0.2) is 22.7 Å². The third-order valence-electron chi connectivity index (χ3n) is 5.97. The normalized spacial score (nSPS) is 18.2. The van der Waals surface area contributed by atoms with E-state index in [1.54, 1.807) is 30.1 Å². The van der Waals surface area contributed by atoms with E-state index in [1.807, 2.05) is 12.1 Å². The fraction of sp³-hybridized carbons (Fsp3) is 0.250. The monoisotopic (exact) mass is 508 g/mol. The van der Waals surface area contributed by atoms with Gasteiger partial charge in [-0.05, 0) is 52.0 Å². The number of nitriles is 1. The third-order valence-corrected chi connectivity index (χ3v) is 6.59. The number of hydrogen-bond acceptors (Lipinski definition) is 7. The van der Waals surface area contributed by atoms with Gasteiger partial charge < -0.3 is 15.4 Å². The van der Waals surface area contributed by atoms with Crippen molar-refractivity contribution in [3.63, 3.8) is 0 Å². The van der Waals surface area contributed by atoms with E-state index in [9.17, 15) is 20.2 Å². The molecule has 1 atom stereocenters. The first-order valence-electron chi connectivity index (χ1n) is 10.4. The van der Waals surface area contributed by atoms with Gasteiger partial charge in [0.1, 0.15) is 18.2 Å². The van der Waals surface area contributed by atoms with Crippen molar-refractivity contribution >= 4 is 27.4 Å². The Balaban J connectivity index is 1.64. The summed E-state index contributed by atoms with van der Waals surface area (Å²) >= 11 is 3.52. The lowest BCUT2D eigenvalue weighted by atomic mass is 9.76. The predicted molar refractivity (Wildman–Crippen MR) is 125 cm³/mol. The maximum atomic E-state index is 12.9. The van der Waals surface area contributed by atoms with Gasteiger partial charge in [-0.3, -0.25) is 14.9 Å². The lowest BCUT2D eigenvalue weighted by molar-refractivity contribution is -0.384. The maximum absolute atomic E-state index is 12.9. The first kappa shape index (κ1) is 22.6. The summed E-state index contributed by atoms with van der Waals surface area (Å²) < 4.78 is 6.50. The summed E-state index contributed by atoms with van der Waals surface area (Å²) in [6, 6.07) is 13.9. The molecule has 8 nitrogen and oxygen atoms in total. The van der Waals surface area contributed by atoms with E-state index in [4.69, 9.17) is 10.5 Å². The molecule has 0 saturated carbocycles. The number of ether oxygens (including phenoxy) is 1. The Morgan fingerprint density at radius 1 is 1.30 bits per heavy atom. The molecule has 33 heavy (non-hydrogen) atoms. The van der Waals surface area contributed by atoms with Gasteiger partial charge in [-0.25, -0.2) is 0 Å². The van der Waals surface area contributed by atoms with Crippen molar-refractivity contribution < 1.29 is 14.5 Å². The van der Waals surface area contributed by atoms with Crippen LogP contribution in [0.5, 0.6) is 5.75 Å². The van der Waals surface area contributed by atoms with Crippen molar-refractivity contribution in [2.75, 3.05) is 7.05 Å². The molecule has 0 radical (unpaired) electrons. The molecule has 2 aromatic rings. The molecule has 0 spiro atoms. The van der Waals surface area contributed by atoms with E-state index >= 15 is 0 Å². The summed E-state index contributed by atoms with van der Waals surface area (Å²) in [5.41, 5.74) is 9.57. The van der Waals surface area contributed by atoms with Crippen LogP contribution in [-0.2, 0) is 11.4 Å². The number of nitrogens with zero attached hydrogens (tertiary/aromatic N) is 3. The summed E-state index contributed by atoms with van der Waals surface area (Å²) in [4.78, 5) is 25.2. The molecule has 0 fully saturated rings. The standard InChI is InChI=1S/C24H21BrN4O4/c1-28-19-6-3-7-20(30)23(19)22(17(12-26)24(28)27)15-8-9-21(18(25)11-15)33-13-14-4-2-5-16(10-14)29(31)32/h2,4-5,8-11,22H,3,6-7,13,27H2,1H3/t22-/m1/s1. The molecular formula is C24H21BrN4O4. The quantitative estimate of drug-likeness (QED) is 0.459. The average Bonchev–Trinajstić information content (AvgIpc) is 2.81. The number of carbonyl (C=O) groups excluding carboxylic acids is 1. The van der Waals surface area contributed by atoms with Crippen molar-refractivity contribution in [2.24, 2.45) is 5.73 Å². The number of carbonyl (C=O) groups is 1. The minimum Gasteiger partial charge on any atom is -0.488 e. The van der Waals surface area contributed by atoms with Gasteiger partial charge in [-0.15, -0.1) is 0 Å². The fourth-order valence-electron chi connectivity index (χ4n) is 4.33. The number of hydrogen-bond donors (Lipinski definition) is 1. The number of non-ortho nitro benzene ring substituents is 1. The van der Waals surface area contributed by atoms with Crippen LogP contribution in [0.3, 0.4) is 0 Å². The lowest BCUT2D eigenvalue weighted by Crippen LogP contribution is -2.36. The SMILES string of the molecule is CN1C(N)=C(C#N)[C@@H](c2ccc(OCc3cccc([N+](=O)[O-])c3)c(Br)c2)C2=C1CCCC2=O. The van der Waals surface area contributed by atoms with Crippen molar-refractivity contribution in [1.82, 2.24) is 4.90 Å². The van der Waals surface area contributed by atoms with Gasteiger partial charge in [-0.2, -0.15) is 5.26 Å². The van der Waals surface area contributed by atoms with Crippen molar-refractivity contribution in [3.8, 4) is 11.8 Å². The number of benzene rings is 2. The molecular weight excluding hydrogens is 488 g/mol. The topological polar surface area (TPSA) is 122 Å². The van der Waals surface area contributed by atoms with Crippen LogP contribution in [0.25, 0.3) is 0 Å². The van der Waals surface area contributed by atoms with Crippen LogP contribution in [0, 0.1) is 21.4 Å². The van der Waals surface area contributed by atoms with Gasteiger partial charge in [0.15, 0.2) is 5.78 Å². The predicted octanol–water partition coefficient (Wildman–Crippen LogP) is 4.67. The highest BCUT2D eigenvalue weighted by Crippen LogP contribution is 2.45. The number of rotatable bonds is 5. The van der Waals surface area contributed by atoms with Crippen LogP contribution in [0.1, 0.15) is 36.3 Å². The number of halogens is 1. The smallest absolute Gasteiger partial charge is 0.269 e. The Bertz CT molecular complexity index is 1260. The van der Waals surface area contributed by atoms with Crippen LogP contribution < -0.4 is 10.5 Å². The van der Waals surface area contributed by atoms with Crippen molar-refractivity contribution in [1.29, 1.82) is 5.26 Å².